The zero-order valence-electron chi connectivity index (χ0n) is 11.6. The number of rotatable bonds is 6. The molecule has 0 atom stereocenters. The third-order valence-corrected chi connectivity index (χ3v) is 4.62. The number of anilines is 1. The van der Waals surface area contributed by atoms with E-state index in [9.17, 15) is 0 Å². The highest BCUT2D eigenvalue weighted by molar-refractivity contribution is 7.09. The van der Waals surface area contributed by atoms with Gasteiger partial charge in [0, 0.05) is 24.5 Å². The van der Waals surface area contributed by atoms with Gasteiger partial charge in [0.15, 0.2) is 0 Å². The van der Waals surface area contributed by atoms with Gasteiger partial charge in [0.1, 0.15) is 5.82 Å². The molecular weight excluding hydrogens is 242 g/mol. The molecule has 0 saturated heterocycles. The summed E-state index contributed by atoms with van der Waals surface area (Å²) in [6, 6.07) is 0. The normalized spacial score (nSPS) is 24.1. The van der Waals surface area contributed by atoms with Crippen LogP contribution in [0.25, 0.3) is 0 Å². The zero-order valence-corrected chi connectivity index (χ0v) is 12.4. The summed E-state index contributed by atoms with van der Waals surface area (Å²) in [5.41, 5.74) is 0. The van der Waals surface area contributed by atoms with Crippen molar-refractivity contribution in [3.05, 3.63) is 5.82 Å². The monoisotopic (exact) mass is 267 g/mol. The molecule has 3 nitrogen and oxygen atoms in total. The standard InChI is InChI=1S/C14H25N3S/c1-3-4-13-16-14(18-17-13)15-10-9-12-7-5-11(2)6-8-12/h11-12H,3-10H2,1-2H3,(H,15,16,17). The summed E-state index contributed by atoms with van der Waals surface area (Å²) < 4.78 is 4.35. The Kier molecular flexibility index (Phi) is 5.42. The summed E-state index contributed by atoms with van der Waals surface area (Å²) in [6.07, 6.45) is 9.08. The van der Waals surface area contributed by atoms with Crippen LogP contribution in [0.15, 0.2) is 0 Å². The molecule has 1 N–H and O–H groups in total. The van der Waals surface area contributed by atoms with Crippen molar-refractivity contribution >= 4 is 16.7 Å². The number of aromatic nitrogens is 2. The lowest BCUT2D eigenvalue weighted by atomic mass is 9.81. The number of aryl methyl sites for hydroxylation is 1. The maximum atomic E-state index is 4.49. The first-order chi connectivity index (χ1) is 8.78. The minimum atomic E-state index is 0.928. The third-order valence-electron chi connectivity index (χ3n) is 3.91. The molecular formula is C14H25N3S. The predicted octanol–water partition coefficient (Wildman–Crippen LogP) is 4.12. The van der Waals surface area contributed by atoms with Crippen LogP contribution in [-0.4, -0.2) is 15.9 Å². The average Bonchev–Trinajstić information content (AvgIpc) is 2.80. The Hall–Kier alpha value is -0.640. The van der Waals surface area contributed by atoms with Crippen molar-refractivity contribution in [2.75, 3.05) is 11.9 Å². The highest BCUT2D eigenvalue weighted by atomic mass is 32.1. The molecule has 0 unspecified atom stereocenters. The maximum absolute atomic E-state index is 4.49. The fourth-order valence-corrected chi connectivity index (χ4v) is 3.29. The van der Waals surface area contributed by atoms with Gasteiger partial charge in [0.2, 0.25) is 5.13 Å². The van der Waals surface area contributed by atoms with Gasteiger partial charge < -0.3 is 5.32 Å². The fraction of sp³-hybridized carbons (Fsp3) is 0.857. The van der Waals surface area contributed by atoms with Crippen molar-refractivity contribution in [3.8, 4) is 0 Å². The number of nitrogens with zero attached hydrogens (tertiary/aromatic N) is 2. The molecule has 0 aromatic carbocycles. The minimum absolute atomic E-state index is 0.928. The van der Waals surface area contributed by atoms with Crippen molar-refractivity contribution in [1.82, 2.24) is 9.36 Å². The minimum Gasteiger partial charge on any atom is -0.360 e. The van der Waals surface area contributed by atoms with Gasteiger partial charge in [-0.15, -0.1) is 0 Å². The first kappa shape index (κ1) is 13.8. The summed E-state index contributed by atoms with van der Waals surface area (Å²) in [5, 5.41) is 4.43. The van der Waals surface area contributed by atoms with E-state index in [1.807, 2.05) is 0 Å². The van der Waals surface area contributed by atoms with Crippen LogP contribution in [0.4, 0.5) is 5.13 Å². The molecule has 1 aromatic heterocycles. The summed E-state index contributed by atoms with van der Waals surface area (Å²) >= 11 is 1.50. The molecule has 0 bridgehead atoms. The van der Waals surface area contributed by atoms with E-state index < -0.39 is 0 Å². The Labute approximate surface area is 115 Å². The van der Waals surface area contributed by atoms with Gasteiger partial charge in [-0.05, 0) is 24.7 Å². The van der Waals surface area contributed by atoms with E-state index in [0.717, 1.165) is 42.2 Å². The maximum Gasteiger partial charge on any atom is 0.202 e. The van der Waals surface area contributed by atoms with E-state index in [1.165, 1.54) is 43.6 Å². The quantitative estimate of drug-likeness (QED) is 0.842. The van der Waals surface area contributed by atoms with Gasteiger partial charge in [-0.3, -0.25) is 0 Å². The van der Waals surface area contributed by atoms with Crippen LogP contribution < -0.4 is 5.32 Å². The summed E-state index contributed by atoms with van der Waals surface area (Å²) in [5.74, 6) is 2.88. The van der Waals surface area contributed by atoms with Crippen molar-refractivity contribution in [2.24, 2.45) is 11.8 Å². The van der Waals surface area contributed by atoms with Crippen molar-refractivity contribution < 1.29 is 0 Å². The molecule has 0 amide bonds. The molecule has 1 aromatic rings. The first-order valence-corrected chi connectivity index (χ1v) is 8.11. The second-order valence-corrected chi connectivity index (χ2v) is 6.36. The lowest BCUT2D eigenvalue weighted by Crippen LogP contribution is -2.15. The van der Waals surface area contributed by atoms with Crippen molar-refractivity contribution in [2.45, 2.75) is 58.8 Å². The van der Waals surface area contributed by atoms with Crippen LogP contribution in [0.5, 0.6) is 0 Å². The predicted molar refractivity (Wildman–Crippen MR) is 78.1 cm³/mol. The molecule has 1 heterocycles. The average molecular weight is 267 g/mol. The molecule has 1 saturated carbocycles. The van der Waals surface area contributed by atoms with Crippen LogP contribution in [0.3, 0.4) is 0 Å². The van der Waals surface area contributed by atoms with Gasteiger partial charge >= 0.3 is 0 Å². The molecule has 4 heteroatoms. The largest absolute Gasteiger partial charge is 0.360 e. The SMILES string of the molecule is CCCc1nsc(NCCC2CCC(C)CC2)n1. The summed E-state index contributed by atoms with van der Waals surface area (Å²) in [6.45, 7) is 5.60. The molecule has 2 rings (SSSR count). The van der Waals surface area contributed by atoms with E-state index in [0.29, 0.717) is 0 Å². The third kappa shape index (κ3) is 4.23. The lowest BCUT2D eigenvalue weighted by Gasteiger charge is -2.25. The number of hydrogen-bond acceptors (Lipinski definition) is 4. The van der Waals surface area contributed by atoms with E-state index in [4.69, 9.17) is 0 Å². The van der Waals surface area contributed by atoms with Gasteiger partial charge in [-0.2, -0.15) is 4.37 Å². The molecule has 1 aliphatic carbocycles. The molecule has 0 aliphatic heterocycles. The highest BCUT2D eigenvalue weighted by Gasteiger charge is 2.17. The number of nitrogens with one attached hydrogen (secondary N) is 1. The van der Waals surface area contributed by atoms with Crippen LogP contribution >= 0.6 is 11.5 Å². The lowest BCUT2D eigenvalue weighted by molar-refractivity contribution is 0.282. The molecule has 102 valence electrons. The van der Waals surface area contributed by atoms with Crippen molar-refractivity contribution in [3.63, 3.8) is 0 Å². The Balaban J connectivity index is 1.65. The van der Waals surface area contributed by atoms with Gasteiger partial charge in [0.25, 0.3) is 0 Å². The molecule has 1 aliphatic rings. The fourth-order valence-electron chi connectivity index (χ4n) is 2.65. The van der Waals surface area contributed by atoms with Crippen LogP contribution in [0.2, 0.25) is 0 Å². The second kappa shape index (κ2) is 7.07. The molecule has 0 radical (unpaired) electrons. The Morgan fingerprint density at radius 1 is 1.28 bits per heavy atom. The van der Waals surface area contributed by atoms with Crippen LogP contribution in [-0.2, 0) is 6.42 Å². The summed E-state index contributed by atoms with van der Waals surface area (Å²) in [7, 11) is 0. The van der Waals surface area contributed by atoms with E-state index in [-0.39, 0.29) is 0 Å². The van der Waals surface area contributed by atoms with E-state index in [2.05, 4.69) is 28.5 Å². The second-order valence-electron chi connectivity index (χ2n) is 5.61. The Morgan fingerprint density at radius 2 is 2.06 bits per heavy atom. The van der Waals surface area contributed by atoms with Crippen LogP contribution in [0.1, 0.15) is 58.2 Å². The topological polar surface area (TPSA) is 37.8 Å². The highest BCUT2D eigenvalue weighted by Crippen LogP contribution is 2.30. The van der Waals surface area contributed by atoms with Crippen molar-refractivity contribution in [1.29, 1.82) is 0 Å². The van der Waals surface area contributed by atoms with E-state index in [1.54, 1.807) is 0 Å². The van der Waals surface area contributed by atoms with Gasteiger partial charge in [-0.25, -0.2) is 4.98 Å². The molecule has 1 fully saturated rings. The molecule has 0 spiro atoms. The van der Waals surface area contributed by atoms with Gasteiger partial charge in [-0.1, -0.05) is 39.5 Å². The zero-order chi connectivity index (χ0) is 12.8. The van der Waals surface area contributed by atoms with E-state index >= 15 is 0 Å². The number of hydrogen-bond donors (Lipinski definition) is 1. The Morgan fingerprint density at radius 3 is 2.78 bits per heavy atom. The molecule has 18 heavy (non-hydrogen) atoms. The smallest absolute Gasteiger partial charge is 0.202 e. The Bertz CT molecular complexity index is 343. The first-order valence-electron chi connectivity index (χ1n) is 7.34. The van der Waals surface area contributed by atoms with Gasteiger partial charge in [0.05, 0.1) is 0 Å². The van der Waals surface area contributed by atoms with Crippen LogP contribution in [0, 0.1) is 11.8 Å². The summed E-state index contributed by atoms with van der Waals surface area (Å²) in [4.78, 5) is 4.49.